The molecule has 0 bridgehead atoms. The minimum Gasteiger partial charge on any atom is -0.361 e. The average molecular weight is 246 g/mol. The van der Waals surface area contributed by atoms with Crippen LogP contribution in [0.25, 0.3) is 5.65 Å². The van der Waals surface area contributed by atoms with Gasteiger partial charge in [-0.2, -0.15) is 0 Å². The molecule has 0 saturated carbocycles. The van der Waals surface area contributed by atoms with Crippen LogP contribution in [0.4, 0.5) is 5.82 Å². The smallest absolute Gasteiger partial charge is 0.151 e. The fraction of sp³-hybridized carbons (Fsp3) is 0.500. The first-order valence-electron chi connectivity index (χ1n) is 6.27. The summed E-state index contributed by atoms with van der Waals surface area (Å²) in [5.41, 5.74) is 2.29. The highest BCUT2D eigenvalue weighted by Gasteiger charge is 2.16. The molecule has 2 rings (SSSR count). The van der Waals surface area contributed by atoms with Crippen LogP contribution in [0.15, 0.2) is 24.4 Å². The molecule has 0 fully saturated rings. The molecule has 0 saturated heterocycles. The Kier molecular flexibility index (Phi) is 3.30. The lowest BCUT2D eigenvalue weighted by Gasteiger charge is -2.21. The fourth-order valence-corrected chi connectivity index (χ4v) is 1.91. The van der Waals surface area contributed by atoms with Crippen molar-refractivity contribution in [2.24, 2.45) is 0 Å². The van der Waals surface area contributed by atoms with Gasteiger partial charge >= 0.3 is 0 Å². The normalized spacial score (nSPS) is 12.1. The van der Waals surface area contributed by atoms with E-state index in [1.54, 1.807) is 0 Å². The van der Waals surface area contributed by atoms with E-state index in [1.807, 2.05) is 32.3 Å². The first-order valence-corrected chi connectivity index (χ1v) is 6.27. The second-order valence-corrected chi connectivity index (χ2v) is 5.81. The predicted molar refractivity (Wildman–Crippen MR) is 76.1 cm³/mol. The van der Waals surface area contributed by atoms with E-state index < -0.39 is 0 Å². The maximum atomic E-state index is 4.66. The second-order valence-electron chi connectivity index (χ2n) is 5.81. The predicted octanol–water partition coefficient (Wildman–Crippen LogP) is 2.29. The van der Waals surface area contributed by atoms with E-state index in [0.29, 0.717) is 0 Å². The third-order valence-corrected chi connectivity index (χ3v) is 2.82. The quantitative estimate of drug-likeness (QED) is 0.902. The van der Waals surface area contributed by atoms with Gasteiger partial charge in [-0.3, -0.25) is 0 Å². The zero-order valence-electron chi connectivity index (χ0n) is 11.9. The zero-order chi connectivity index (χ0) is 13.3. The van der Waals surface area contributed by atoms with Crippen LogP contribution in [0.2, 0.25) is 0 Å². The van der Waals surface area contributed by atoms with Crippen molar-refractivity contribution in [3.8, 4) is 0 Å². The van der Waals surface area contributed by atoms with Gasteiger partial charge in [0.2, 0.25) is 0 Å². The van der Waals surface area contributed by atoms with Crippen LogP contribution in [0.5, 0.6) is 0 Å². The first-order chi connectivity index (χ1) is 8.38. The molecule has 18 heavy (non-hydrogen) atoms. The van der Waals surface area contributed by atoms with Gasteiger partial charge in [0, 0.05) is 32.4 Å². The molecule has 0 spiro atoms. The molecular weight excluding hydrogens is 224 g/mol. The summed E-state index contributed by atoms with van der Waals surface area (Å²) < 4.78 is 2.15. The minimum absolute atomic E-state index is 0.0997. The van der Waals surface area contributed by atoms with Crippen molar-refractivity contribution in [3.63, 3.8) is 0 Å². The van der Waals surface area contributed by atoms with Crippen molar-refractivity contribution in [3.05, 3.63) is 30.1 Å². The molecule has 0 aliphatic carbocycles. The molecule has 0 radical (unpaired) electrons. The zero-order valence-corrected chi connectivity index (χ0v) is 11.9. The standard InChI is InChI=1S/C14H22N4/c1-14(2,3)15-10-11-13(17(4)5)16-12-8-6-7-9-18(11)12/h6-9,15H,10H2,1-5H3. The van der Waals surface area contributed by atoms with Crippen molar-refractivity contribution in [2.45, 2.75) is 32.9 Å². The van der Waals surface area contributed by atoms with Crippen LogP contribution in [-0.2, 0) is 6.54 Å². The Hall–Kier alpha value is -1.55. The SMILES string of the molecule is CN(C)c1nc2ccccn2c1CNC(C)(C)C. The molecule has 0 atom stereocenters. The molecule has 1 N–H and O–H groups in total. The summed E-state index contributed by atoms with van der Waals surface area (Å²) in [7, 11) is 4.06. The fourth-order valence-electron chi connectivity index (χ4n) is 1.91. The number of aromatic nitrogens is 2. The number of nitrogens with one attached hydrogen (secondary N) is 1. The summed E-state index contributed by atoms with van der Waals surface area (Å²) in [6.45, 7) is 7.32. The number of anilines is 1. The Morgan fingerprint density at radius 3 is 2.61 bits per heavy atom. The maximum absolute atomic E-state index is 4.66. The summed E-state index contributed by atoms with van der Waals surface area (Å²) in [6.07, 6.45) is 2.06. The third-order valence-electron chi connectivity index (χ3n) is 2.82. The second kappa shape index (κ2) is 4.61. The number of imidazole rings is 1. The monoisotopic (exact) mass is 246 g/mol. The van der Waals surface area contributed by atoms with Crippen LogP contribution in [0, 0.1) is 0 Å². The van der Waals surface area contributed by atoms with E-state index in [0.717, 1.165) is 18.0 Å². The first kappa shape index (κ1) is 12.9. The minimum atomic E-state index is 0.0997. The number of hydrogen-bond acceptors (Lipinski definition) is 3. The summed E-state index contributed by atoms with van der Waals surface area (Å²) >= 11 is 0. The van der Waals surface area contributed by atoms with E-state index in [9.17, 15) is 0 Å². The Labute approximate surface area is 109 Å². The molecule has 0 unspecified atom stereocenters. The molecule has 2 aromatic rings. The number of rotatable bonds is 3. The topological polar surface area (TPSA) is 32.6 Å². The summed E-state index contributed by atoms with van der Waals surface area (Å²) in [5, 5.41) is 3.52. The lowest BCUT2D eigenvalue weighted by Crippen LogP contribution is -2.35. The molecule has 0 amide bonds. The van der Waals surface area contributed by atoms with E-state index in [2.05, 4.69) is 46.6 Å². The van der Waals surface area contributed by atoms with Gasteiger partial charge in [0.05, 0.1) is 5.69 Å². The average Bonchev–Trinajstić information content (AvgIpc) is 2.64. The van der Waals surface area contributed by atoms with Crippen molar-refractivity contribution in [1.82, 2.24) is 14.7 Å². The molecule has 2 heterocycles. The summed E-state index contributed by atoms with van der Waals surface area (Å²) in [6, 6.07) is 6.09. The van der Waals surface area contributed by atoms with Gasteiger partial charge < -0.3 is 14.6 Å². The van der Waals surface area contributed by atoms with Crippen molar-refractivity contribution in [2.75, 3.05) is 19.0 Å². The highest BCUT2D eigenvalue weighted by Crippen LogP contribution is 2.20. The number of hydrogen-bond donors (Lipinski definition) is 1. The van der Waals surface area contributed by atoms with Crippen LogP contribution in [-0.4, -0.2) is 29.0 Å². The molecule has 0 aliphatic rings. The van der Waals surface area contributed by atoms with Gasteiger partial charge in [-0.25, -0.2) is 4.98 Å². The lowest BCUT2D eigenvalue weighted by atomic mass is 10.1. The van der Waals surface area contributed by atoms with Gasteiger partial charge in [0.25, 0.3) is 0 Å². The Morgan fingerprint density at radius 2 is 2.00 bits per heavy atom. The van der Waals surface area contributed by atoms with Crippen LogP contribution >= 0.6 is 0 Å². The number of pyridine rings is 1. The molecule has 0 aromatic carbocycles. The summed E-state index contributed by atoms with van der Waals surface area (Å²) in [4.78, 5) is 6.72. The van der Waals surface area contributed by atoms with E-state index >= 15 is 0 Å². The molecule has 4 nitrogen and oxygen atoms in total. The number of nitrogens with zero attached hydrogens (tertiary/aromatic N) is 3. The molecule has 0 aliphatic heterocycles. The Morgan fingerprint density at radius 1 is 1.28 bits per heavy atom. The van der Waals surface area contributed by atoms with E-state index in [-0.39, 0.29) is 5.54 Å². The molecule has 2 aromatic heterocycles. The highest BCUT2D eigenvalue weighted by atomic mass is 15.2. The van der Waals surface area contributed by atoms with Gasteiger partial charge in [0.1, 0.15) is 5.65 Å². The third kappa shape index (κ3) is 2.64. The van der Waals surface area contributed by atoms with Crippen LogP contribution in [0.1, 0.15) is 26.5 Å². The van der Waals surface area contributed by atoms with Crippen molar-refractivity contribution in [1.29, 1.82) is 0 Å². The van der Waals surface area contributed by atoms with E-state index in [4.69, 9.17) is 0 Å². The molecule has 4 heteroatoms. The van der Waals surface area contributed by atoms with Gasteiger partial charge in [0.15, 0.2) is 5.82 Å². The van der Waals surface area contributed by atoms with Crippen LogP contribution < -0.4 is 10.2 Å². The van der Waals surface area contributed by atoms with Crippen LogP contribution in [0.3, 0.4) is 0 Å². The summed E-state index contributed by atoms with van der Waals surface area (Å²) in [5.74, 6) is 1.03. The molecular formula is C14H22N4. The van der Waals surface area contributed by atoms with Gasteiger partial charge in [-0.15, -0.1) is 0 Å². The lowest BCUT2D eigenvalue weighted by molar-refractivity contribution is 0.420. The Balaban J connectivity index is 2.42. The maximum Gasteiger partial charge on any atom is 0.151 e. The molecule has 98 valence electrons. The largest absolute Gasteiger partial charge is 0.361 e. The van der Waals surface area contributed by atoms with Crippen molar-refractivity contribution >= 4 is 11.5 Å². The van der Waals surface area contributed by atoms with Gasteiger partial charge in [-0.05, 0) is 32.9 Å². The highest BCUT2D eigenvalue weighted by molar-refractivity contribution is 5.55. The van der Waals surface area contributed by atoms with Crippen molar-refractivity contribution < 1.29 is 0 Å². The van der Waals surface area contributed by atoms with E-state index in [1.165, 1.54) is 5.69 Å². The Bertz CT molecular complexity index is 534. The number of fused-ring (bicyclic) bond motifs is 1. The van der Waals surface area contributed by atoms with Gasteiger partial charge in [-0.1, -0.05) is 6.07 Å².